The highest BCUT2D eigenvalue weighted by Gasteiger charge is 2.40. The minimum Gasteiger partial charge on any atom is -0.490 e. The van der Waals surface area contributed by atoms with Crippen LogP contribution in [0.4, 0.5) is 0 Å². The van der Waals surface area contributed by atoms with Gasteiger partial charge in [-0.15, -0.1) is 0 Å². The molecule has 0 saturated heterocycles. The number of aliphatic hydroxyl groups is 1. The molecule has 0 spiro atoms. The molecule has 0 radical (unpaired) electrons. The number of rotatable bonds is 5. The Morgan fingerprint density at radius 3 is 2.60 bits per heavy atom. The van der Waals surface area contributed by atoms with Gasteiger partial charge in [-0.05, 0) is 43.4 Å². The van der Waals surface area contributed by atoms with E-state index in [2.05, 4.69) is 0 Å². The normalized spacial score (nSPS) is 23.3. The fourth-order valence-electron chi connectivity index (χ4n) is 3.18. The molecule has 1 aromatic carbocycles. The molecule has 110 valence electrons. The minimum atomic E-state index is -0.574. The number of hydrogen-bond donors (Lipinski definition) is 1. The van der Waals surface area contributed by atoms with Gasteiger partial charge < -0.3 is 14.6 Å². The van der Waals surface area contributed by atoms with Gasteiger partial charge in [0.25, 0.3) is 0 Å². The Labute approximate surface area is 120 Å². The summed E-state index contributed by atoms with van der Waals surface area (Å²) in [5.74, 6) is 0.867. The molecular formula is C17H24O3. The quantitative estimate of drug-likeness (QED) is 0.893. The molecule has 3 nitrogen and oxygen atoms in total. The molecule has 1 N–H and O–H groups in total. The second-order valence-electron chi connectivity index (χ2n) is 6.12. The molecule has 0 bridgehead atoms. The lowest BCUT2D eigenvalue weighted by Gasteiger charge is -2.40. The lowest BCUT2D eigenvalue weighted by Crippen LogP contribution is -2.40. The van der Waals surface area contributed by atoms with E-state index in [9.17, 15) is 5.11 Å². The van der Waals surface area contributed by atoms with Crippen LogP contribution in [0.1, 0.15) is 56.6 Å². The third-order valence-corrected chi connectivity index (χ3v) is 4.61. The summed E-state index contributed by atoms with van der Waals surface area (Å²) in [6.07, 6.45) is 7.46. The van der Waals surface area contributed by atoms with E-state index in [-0.39, 0.29) is 0 Å². The molecule has 3 heteroatoms. The first-order chi connectivity index (χ1) is 9.73. The molecule has 2 aliphatic rings. The van der Waals surface area contributed by atoms with Gasteiger partial charge in [-0.2, -0.15) is 0 Å². The predicted molar refractivity (Wildman–Crippen MR) is 77.9 cm³/mol. The molecule has 0 aromatic heterocycles. The molecule has 0 heterocycles. The van der Waals surface area contributed by atoms with Crippen molar-refractivity contribution in [3.8, 4) is 5.75 Å². The van der Waals surface area contributed by atoms with E-state index < -0.39 is 11.7 Å². The smallest absolute Gasteiger partial charge is 0.120 e. The van der Waals surface area contributed by atoms with Gasteiger partial charge in [-0.25, -0.2) is 0 Å². The van der Waals surface area contributed by atoms with Gasteiger partial charge in [0.05, 0.1) is 11.7 Å². The zero-order chi connectivity index (χ0) is 14.0. The Morgan fingerprint density at radius 2 is 1.95 bits per heavy atom. The maximum atomic E-state index is 10.8. The maximum Gasteiger partial charge on any atom is 0.120 e. The summed E-state index contributed by atoms with van der Waals surface area (Å²) in [6, 6.07) is 7.87. The van der Waals surface area contributed by atoms with Crippen LogP contribution in [-0.4, -0.2) is 23.9 Å². The van der Waals surface area contributed by atoms with Crippen LogP contribution in [0.2, 0.25) is 0 Å². The molecular weight excluding hydrogens is 252 g/mol. The first-order valence-electron chi connectivity index (χ1n) is 7.73. The summed E-state index contributed by atoms with van der Waals surface area (Å²) in [4.78, 5) is 0. The van der Waals surface area contributed by atoms with Crippen molar-refractivity contribution < 1.29 is 14.6 Å². The molecule has 3 rings (SSSR count). The van der Waals surface area contributed by atoms with Crippen molar-refractivity contribution in [2.45, 2.75) is 62.8 Å². The number of methoxy groups -OCH3 is 1. The van der Waals surface area contributed by atoms with Crippen LogP contribution in [0.3, 0.4) is 0 Å². The number of hydrogen-bond acceptors (Lipinski definition) is 3. The standard InChI is InChI=1S/C17H24O3/c1-19-17(10-3-2-4-11-17)16(18)13-6-5-7-15(12-13)20-14-8-9-14/h5-7,12,14,16,18H,2-4,8-11H2,1H3. The van der Waals surface area contributed by atoms with Crippen LogP contribution < -0.4 is 4.74 Å². The van der Waals surface area contributed by atoms with E-state index in [4.69, 9.17) is 9.47 Å². The van der Waals surface area contributed by atoms with E-state index in [1.54, 1.807) is 7.11 Å². The van der Waals surface area contributed by atoms with Crippen molar-refractivity contribution in [3.05, 3.63) is 29.8 Å². The summed E-state index contributed by atoms with van der Waals surface area (Å²) in [5.41, 5.74) is 0.489. The van der Waals surface area contributed by atoms with Gasteiger partial charge in [-0.1, -0.05) is 31.4 Å². The Kier molecular flexibility index (Phi) is 3.99. The van der Waals surface area contributed by atoms with Gasteiger partial charge in [0.1, 0.15) is 11.9 Å². The number of benzene rings is 1. The van der Waals surface area contributed by atoms with Crippen molar-refractivity contribution in [1.82, 2.24) is 0 Å². The van der Waals surface area contributed by atoms with Crippen LogP contribution >= 0.6 is 0 Å². The lowest BCUT2D eigenvalue weighted by molar-refractivity contribution is -0.125. The van der Waals surface area contributed by atoms with Crippen molar-refractivity contribution in [2.24, 2.45) is 0 Å². The fourth-order valence-corrected chi connectivity index (χ4v) is 3.18. The van der Waals surface area contributed by atoms with Gasteiger partial charge in [0, 0.05) is 7.11 Å². The maximum absolute atomic E-state index is 10.8. The Bertz CT molecular complexity index is 447. The van der Waals surface area contributed by atoms with Crippen LogP contribution in [-0.2, 0) is 4.74 Å². The summed E-state index contributed by atoms with van der Waals surface area (Å²) >= 11 is 0. The summed E-state index contributed by atoms with van der Waals surface area (Å²) in [7, 11) is 1.72. The third kappa shape index (κ3) is 2.84. The summed E-state index contributed by atoms with van der Waals surface area (Å²) < 4.78 is 11.6. The van der Waals surface area contributed by atoms with Gasteiger partial charge in [-0.3, -0.25) is 0 Å². The van der Waals surface area contributed by atoms with Gasteiger partial charge in [0.15, 0.2) is 0 Å². The van der Waals surface area contributed by atoms with E-state index in [1.165, 1.54) is 6.42 Å². The predicted octanol–water partition coefficient (Wildman–Crippen LogP) is 3.61. The zero-order valence-corrected chi connectivity index (χ0v) is 12.2. The average molecular weight is 276 g/mol. The average Bonchev–Trinajstić information content (AvgIpc) is 3.31. The molecule has 1 aromatic rings. The van der Waals surface area contributed by atoms with Crippen molar-refractivity contribution >= 4 is 0 Å². The second-order valence-corrected chi connectivity index (χ2v) is 6.12. The fraction of sp³-hybridized carbons (Fsp3) is 0.647. The first-order valence-corrected chi connectivity index (χ1v) is 7.73. The van der Waals surface area contributed by atoms with Crippen molar-refractivity contribution in [3.63, 3.8) is 0 Å². The highest BCUT2D eigenvalue weighted by molar-refractivity contribution is 5.32. The highest BCUT2D eigenvalue weighted by Crippen LogP contribution is 2.41. The largest absolute Gasteiger partial charge is 0.490 e. The van der Waals surface area contributed by atoms with E-state index in [0.717, 1.165) is 49.8 Å². The minimum absolute atomic E-state index is 0.383. The van der Waals surface area contributed by atoms with Gasteiger partial charge >= 0.3 is 0 Å². The van der Waals surface area contributed by atoms with E-state index >= 15 is 0 Å². The molecule has 1 unspecified atom stereocenters. The summed E-state index contributed by atoms with van der Waals surface area (Å²) in [5, 5.41) is 10.8. The Morgan fingerprint density at radius 1 is 1.20 bits per heavy atom. The number of ether oxygens (including phenoxy) is 2. The lowest BCUT2D eigenvalue weighted by atomic mass is 9.78. The van der Waals surface area contributed by atoms with Crippen LogP contribution in [0.25, 0.3) is 0 Å². The highest BCUT2D eigenvalue weighted by atomic mass is 16.5. The van der Waals surface area contributed by atoms with Crippen LogP contribution in [0.15, 0.2) is 24.3 Å². The third-order valence-electron chi connectivity index (χ3n) is 4.61. The zero-order valence-electron chi connectivity index (χ0n) is 12.2. The van der Waals surface area contributed by atoms with E-state index in [1.807, 2.05) is 24.3 Å². The topological polar surface area (TPSA) is 38.7 Å². The van der Waals surface area contributed by atoms with Crippen molar-refractivity contribution in [2.75, 3.05) is 7.11 Å². The van der Waals surface area contributed by atoms with Crippen LogP contribution in [0, 0.1) is 0 Å². The molecule has 20 heavy (non-hydrogen) atoms. The Balaban J connectivity index is 1.78. The number of aliphatic hydroxyl groups excluding tert-OH is 1. The van der Waals surface area contributed by atoms with E-state index in [0.29, 0.717) is 6.10 Å². The Hall–Kier alpha value is -1.06. The molecule has 2 fully saturated rings. The molecule has 0 aliphatic heterocycles. The first kappa shape index (κ1) is 13.9. The second kappa shape index (κ2) is 5.74. The van der Waals surface area contributed by atoms with Gasteiger partial charge in [0.2, 0.25) is 0 Å². The molecule has 1 atom stereocenters. The molecule has 2 aliphatic carbocycles. The molecule has 2 saturated carbocycles. The summed E-state index contributed by atoms with van der Waals surface area (Å²) in [6.45, 7) is 0. The monoisotopic (exact) mass is 276 g/mol. The molecule has 0 amide bonds. The van der Waals surface area contributed by atoms with Crippen LogP contribution in [0.5, 0.6) is 5.75 Å². The van der Waals surface area contributed by atoms with Crippen molar-refractivity contribution in [1.29, 1.82) is 0 Å². The SMILES string of the molecule is COC1(C(O)c2cccc(OC3CC3)c2)CCCCC1.